The lowest BCUT2D eigenvalue weighted by Crippen LogP contribution is -2.61. The van der Waals surface area contributed by atoms with Crippen molar-refractivity contribution in [3.63, 3.8) is 0 Å². The van der Waals surface area contributed by atoms with Gasteiger partial charge in [-0.3, -0.25) is 24.2 Å². The van der Waals surface area contributed by atoms with Gasteiger partial charge in [0.15, 0.2) is 0 Å². The highest BCUT2D eigenvalue weighted by atomic mass is 16.4. The second-order valence-electron chi connectivity index (χ2n) is 11.8. The van der Waals surface area contributed by atoms with Crippen LogP contribution in [0.25, 0.3) is 0 Å². The van der Waals surface area contributed by atoms with Gasteiger partial charge >= 0.3 is 7.12 Å². The molecule has 0 spiro atoms. The van der Waals surface area contributed by atoms with Crippen molar-refractivity contribution in [2.75, 3.05) is 6.54 Å². The highest BCUT2D eigenvalue weighted by Crippen LogP contribution is 2.33. The summed E-state index contributed by atoms with van der Waals surface area (Å²) in [4.78, 5) is 63.4. The van der Waals surface area contributed by atoms with E-state index < -0.39 is 48.4 Å². The third-order valence-corrected chi connectivity index (χ3v) is 8.52. The predicted molar refractivity (Wildman–Crippen MR) is 158 cm³/mol. The van der Waals surface area contributed by atoms with Crippen LogP contribution >= 0.6 is 0 Å². The van der Waals surface area contributed by atoms with Crippen LogP contribution in [0.1, 0.15) is 89.0 Å². The number of hydrogen-bond acceptors (Lipinski definition) is 8. The minimum Gasteiger partial charge on any atom is -0.426 e. The molecule has 230 valence electrons. The summed E-state index contributed by atoms with van der Waals surface area (Å²) in [7, 11) is -1.78. The van der Waals surface area contributed by atoms with Gasteiger partial charge in [0.1, 0.15) is 23.3 Å². The lowest BCUT2D eigenvalue weighted by molar-refractivity contribution is -0.143. The molecule has 1 aliphatic heterocycles. The van der Waals surface area contributed by atoms with Crippen LogP contribution in [-0.4, -0.2) is 85.8 Å². The van der Waals surface area contributed by atoms with Gasteiger partial charge in [-0.05, 0) is 37.5 Å². The Morgan fingerprint density at radius 3 is 2.45 bits per heavy atom. The molecule has 5 N–H and O–H groups in total. The number of aromatic nitrogens is 2. The minimum absolute atomic E-state index is 0.0728. The van der Waals surface area contributed by atoms with Gasteiger partial charge in [-0.2, -0.15) is 0 Å². The molecule has 1 aliphatic carbocycles. The van der Waals surface area contributed by atoms with E-state index in [2.05, 4.69) is 32.5 Å². The Morgan fingerprint density at radius 2 is 1.88 bits per heavy atom. The summed E-state index contributed by atoms with van der Waals surface area (Å²) in [6.45, 7) is 9.28. The lowest BCUT2D eigenvalue weighted by atomic mass is 9.77. The van der Waals surface area contributed by atoms with E-state index in [1.165, 1.54) is 29.6 Å². The second-order valence-corrected chi connectivity index (χ2v) is 11.8. The molecule has 12 nitrogen and oxygen atoms in total. The molecule has 0 radical (unpaired) electrons. The molecule has 0 bridgehead atoms. The number of nitrogens with one attached hydrogen (secondary N) is 3. The number of hydrogen-bond donors (Lipinski definition) is 5. The van der Waals surface area contributed by atoms with Crippen LogP contribution < -0.4 is 16.0 Å². The van der Waals surface area contributed by atoms with Crippen LogP contribution in [0.5, 0.6) is 0 Å². The Kier molecular flexibility index (Phi) is 12.0. The van der Waals surface area contributed by atoms with Gasteiger partial charge in [-0.25, -0.2) is 4.98 Å². The molecule has 4 atom stereocenters. The van der Waals surface area contributed by atoms with Gasteiger partial charge < -0.3 is 30.9 Å². The van der Waals surface area contributed by atoms with Crippen LogP contribution in [-0.2, 0) is 14.4 Å². The molecule has 2 fully saturated rings. The fourth-order valence-corrected chi connectivity index (χ4v) is 5.93. The number of likely N-dealkylation sites (tertiary alicyclic amines) is 1. The Balaban J connectivity index is 1.81. The molecule has 1 aromatic heterocycles. The zero-order valence-corrected chi connectivity index (χ0v) is 24.9. The number of nitrogens with zero attached hydrogens (tertiary/aromatic N) is 3. The van der Waals surface area contributed by atoms with E-state index in [1.54, 1.807) is 13.8 Å². The third kappa shape index (κ3) is 8.16. The Hall–Kier alpha value is -3.32. The third-order valence-electron chi connectivity index (χ3n) is 8.52. The van der Waals surface area contributed by atoms with E-state index in [-0.39, 0.29) is 36.4 Å². The topological polar surface area (TPSA) is 174 Å². The molecule has 1 saturated heterocycles. The standard InChI is InChI=1S/C29H45BN6O6/c1-5-10-23(30(41)42)33-26(38)22(17-20-11-8-7-9-12-20)36-16-13-29(6-2,28(36)40)35-27(39)24(19(3)4)34-25(37)21-18-31-14-15-32-21/h5,14-15,18-20,22-24,41-42H,1,6-13,16-17H2,2-4H3,(H,33,38)(H,34,37)(H,35,39)/t22-,23-,24-,29?/m0/s1. The maximum atomic E-state index is 14.1. The van der Waals surface area contributed by atoms with E-state index >= 15 is 0 Å². The highest BCUT2D eigenvalue weighted by molar-refractivity contribution is 6.43. The first-order valence-corrected chi connectivity index (χ1v) is 15.0. The van der Waals surface area contributed by atoms with E-state index in [0.29, 0.717) is 19.3 Å². The van der Waals surface area contributed by atoms with Crippen molar-refractivity contribution in [2.45, 2.75) is 102 Å². The van der Waals surface area contributed by atoms with Crippen molar-refractivity contribution >= 4 is 30.7 Å². The molecule has 3 rings (SSSR count). The first-order valence-electron chi connectivity index (χ1n) is 15.0. The summed E-state index contributed by atoms with van der Waals surface area (Å²) in [6, 6.07) is -1.76. The number of carbonyl (C=O) groups excluding carboxylic acids is 4. The zero-order valence-electron chi connectivity index (χ0n) is 24.9. The molecular weight excluding hydrogens is 539 g/mol. The van der Waals surface area contributed by atoms with Crippen molar-refractivity contribution in [3.8, 4) is 0 Å². The smallest absolute Gasteiger partial charge is 0.426 e. The quantitative estimate of drug-likeness (QED) is 0.160. The monoisotopic (exact) mass is 584 g/mol. The first-order chi connectivity index (χ1) is 20.0. The summed E-state index contributed by atoms with van der Waals surface area (Å²) in [5, 5.41) is 27.9. The van der Waals surface area contributed by atoms with Gasteiger partial charge in [0, 0.05) is 18.9 Å². The van der Waals surface area contributed by atoms with E-state index in [1.807, 2.05) is 6.92 Å². The fourth-order valence-electron chi connectivity index (χ4n) is 5.93. The molecule has 42 heavy (non-hydrogen) atoms. The fraction of sp³-hybridized carbons (Fsp3) is 0.655. The average Bonchev–Trinajstić information content (AvgIpc) is 3.30. The maximum Gasteiger partial charge on any atom is 0.475 e. The molecule has 1 unspecified atom stereocenters. The van der Waals surface area contributed by atoms with Gasteiger partial charge in [0.05, 0.1) is 12.1 Å². The summed E-state index contributed by atoms with van der Waals surface area (Å²) in [5.74, 6) is -2.85. The molecule has 13 heteroatoms. The van der Waals surface area contributed by atoms with Gasteiger partial charge in [0.2, 0.25) is 17.7 Å². The summed E-state index contributed by atoms with van der Waals surface area (Å²) >= 11 is 0. The largest absolute Gasteiger partial charge is 0.475 e. The van der Waals surface area contributed by atoms with Gasteiger partial charge in [-0.1, -0.05) is 59.0 Å². The van der Waals surface area contributed by atoms with Crippen molar-refractivity contribution in [3.05, 3.63) is 36.9 Å². The zero-order chi connectivity index (χ0) is 30.9. The van der Waals surface area contributed by atoms with Gasteiger partial charge in [-0.15, -0.1) is 6.58 Å². The van der Waals surface area contributed by atoms with Crippen molar-refractivity contribution in [1.82, 2.24) is 30.8 Å². The van der Waals surface area contributed by atoms with E-state index in [0.717, 1.165) is 32.1 Å². The summed E-state index contributed by atoms with van der Waals surface area (Å²) in [5.41, 5.74) is -1.17. The van der Waals surface area contributed by atoms with Crippen LogP contribution in [0.4, 0.5) is 0 Å². The normalized spacial score (nSPS) is 21.4. The van der Waals surface area contributed by atoms with Crippen molar-refractivity contribution < 1.29 is 29.2 Å². The Morgan fingerprint density at radius 1 is 1.17 bits per heavy atom. The molecule has 4 amide bonds. The molecule has 2 heterocycles. The molecule has 1 aromatic rings. The molecule has 0 aromatic carbocycles. The summed E-state index contributed by atoms with van der Waals surface area (Å²) < 4.78 is 0. The van der Waals surface area contributed by atoms with Crippen molar-refractivity contribution in [1.29, 1.82) is 0 Å². The average molecular weight is 585 g/mol. The number of amides is 4. The minimum atomic E-state index is -1.78. The summed E-state index contributed by atoms with van der Waals surface area (Å²) in [6.07, 6.45) is 12.0. The van der Waals surface area contributed by atoms with E-state index in [4.69, 9.17) is 0 Å². The van der Waals surface area contributed by atoms with Crippen LogP contribution in [0.15, 0.2) is 31.2 Å². The van der Waals surface area contributed by atoms with Gasteiger partial charge in [0.25, 0.3) is 5.91 Å². The van der Waals surface area contributed by atoms with E-state index in [9.17, 15) is 29.2 Å². The van der Waals surface area contributed by atoms with Crippen LogP contribution in [0.2, 0.25) is 0 Å². The maximum absolute atomic E-state index is 14.1. The van der Waals surface area contributed by atoms with Crippen LogP contribution in [0, 0.1) is 11.8 Å². The SMILES string of the molecule is C=CC[C@H](NC(=O)[C@H](CC1CCCCC1)N1CCC(CC)(NC(=O)[C@@H](NC(=O)c2cnccn2)C(C)C)C1=O)B(O)O. The number of carbonyl (C=O) groups is 4. The molecule has 1 saturated carbocycles. The van der Waals surface area contributed by atoms with Crippen molar-refractivity contribution in [2.24, 2.45) is 11.8 Å². The predicted octanol–water partition coefficient (Wildman–Crippen LogP) is 1.14. The Labute approximate surface area is 248 Å². The molecule has 2 aliphatic rings. The number of rotatable bonds is 14. The first kappa shape index (κ1) is 33.2. The highest BCUT2D eigenvalue weighted by Gasteiger charge is 2.51. The van der Waals surface area contributed by atoms with Crippen LogP contribution in [0.3, 0.4) is 0 Å². The second kappa shape index (κ2) is 15.2. The molecular formula is C29H45BN6O6. The Bertz CT molecular complexity index is 1100. The lowest BCUT2D eigenvalue weighted by Gasteiger charge is -2.35.